The van der Waals surface area contributed by atoms with E-state index in [1.165, 1.54) is 37.6 Å². The van der Waals surface area contributed by atoms with E-state index in [9.17, 15) is 29.0 Å². The van der Waals surface area contributed by atoms with Crippen molar-refractivity contribution in [3.63, 3.8) is 0 Å². The van der Waals surface area contributed by atoms with E-state index in [2.05, 4.69) is 10.3 Å². The van der Waals surface area contributed by atoms with E-state index in [0.29, 0.717) is 28.1 Å². The molecule has 1 amide bonds. The standard InChI is InChI=1S/C34H36FN3O7.Na.H/c1-20(2)38-27(15-14-25(39)17-26(40)18-29(41)42)30(22-9-12-24(35)13-10-22)31(21-7-5-4-6-8-21)32(38)33(43)37-28-16-11-23(19-36-28)34(44)45-3;;/h4-13,16,19-20,25-26,39-40H,14-15,17-18H2,1-3H3,(H,41,42)(H,36,37,43);;/t25-,26-;;/m1../s1. The van der Waals surface area contributed by atoms with E-state index >= 15 is 0 Å². The number of nitrogens with one attached hydrogen (secondary N) is 1. The van der Waals surface area contributed by atoms with E-state index < -0.39 is 42.3 Å². The van der Waals surface area contributed by atoms with Gasteiger partial charge in [0.05, 0.1) is 31.3 Å². The van der Waals surface area contributed by atoms with Gasteiger partial charge in [-0.25, -0.2) is 14.2 Å². The summed E-state index contributed by atoms with van der Waals surface area (Å²) in [6.07, 6.45) is -1.14. The maximum absolute atomic E-state index is 14.2. The van der Waals surface area contributed by atoms with Gasteiger partial charge in [-0.3, -0.25) is 9.59 Å². The van der Waals surface area contributed by atoms with Crippen LogP contribution in [0.1, 0.15) is 65.7 Å². The Hall–Kier alpha value is -3.87. The van der Waals surface area contributed by atoms with Crippen LogP contribution in [0.15, 0.2) is 72.9 Å². The number of hydrogen-bond donors (Lipinski definition) is 4. The Kier molecular flexibility index (Phi) is 13.2. The van der Waals surface area contributed by atoms with Gasteiger partial charge in [0.25, 0.3) is 5.91 Å². The number of carboxylic acids is 1. The molecule has 4 rings (SSSR count). The molecule has 0 aliphatic rings. The van der Waals surface area contributed by atoms with Crippen molar-refractivity contribution >= 4 is 53.2 Å². The fourth-order valence-corrected chi connectivity index (χ4v) is 5.39. The van der Waals surface area contributed by atoms with Crippen molar-refractivity contribution in [2.24, 2.45) is 0 Å². The van der Waals surface area contributed by atoms with Crippen molar-refractivity contribution in [1.82, 2.24) is 9.55 Å². The van der Waals surface area contributed by atoms with Gasteiger partial charge in [-0.15, -0.1) is 0 Å². The van der Waals surface area contributed by atoms with Gasteiger partial charge in [0.15, 0.2) is 0 Å². The Balaban J connectivity index is 0.00000576. The minimum absolute atomic E-state index is 0. The second kappa shape index (κ2) is 16.6. The molecule has 0 fully saturated rings. The molecule has 0 unspecified atom stereocenters. The van der Waals surface area contributed by atoms with Crippen LogP contribution in [-0.2, 0) is 16.0 Å². The molecule has 0 aliphatic carbocycles. The van der Waals surface area contributed by atoms with E-state index in [-0.39, 0.29) is 66.2 Å². The molecule has 12 heteroatoms. The average molecular weight is 642 g/mol. The average Bonchev–Trinajstić information content (AvgIpc) is 3.36. The van der Waals surface area contributed by atoms with Crippen LogP contribution in [0.25, 0.3) is 22.3 Å². The number of nitrogens with zero attached hydrogens (tertiary/aromatic N) is 2. The molecule has 4 N–H and O–H groups in total. The summed E-state index contributed by atoms with van der Waals surface area (Å²) in [7, 11) is 1.26. The third kappa shape index (κ3) is 8.89. The summed E-state index contributed by atoms with van der Waals surface area (Å²) in [4.78, 5) is 41.3. The number of ether oxygens (including phenoxy) is 1. The normalized spacial score (nSPS) is 12.2. The number of anilines is 1. The first kappa shape index (κ1) is 36.6. The van der Waals surface area contributed by atoms with Crippen LogP contribution in [0.3, 0.4) is 0 Å². The second-order valence-corrected chi connectivity index (χ2v) is 10.9. The molecule has 0 aliphatic heterocycles. The topological polar surface area (TPSA) is 151 Å². The summed E-state index contributed by atoms with van der Waals surface area (Å²) in [6, 6.07) is 18.0. The molecule has 2 heterocycles. The molecule has 2 aromatic carbocycles. The maximum atomic E-state index is 14.2. The van der Waals surface area contributed by atoms with Crippen LogP contribution in [0, 0.1) is 5.82 Å². The summed E-state index contributed by atoms with van der Waals surface area (Å²) in [5.41, 5.74) is 3.88. The Labute approximate surface area is 288 Å². The monoisotopic (exact) mass is 641 g/mol. The summed E-state index contributed by atoms with van der Waals surface area (Å²) < 4.78 is 20.7. The summed E-state index contributed by atoms with van der Waals surface area (Å²) in [5, 5.41) is 32.7. The third-order valence-electron chi connectivity index (χ3n) is 7.33. The van der Waals surface area contributed by atoms with Crippen LogP contribution in [0.2, 0.25) is 0 Å². The molecule has 2 atom stereocenters. The molecule has 0 bridgehead atoms. The number of esters is 1. The van der Waals surface area contributed by atoms with Crippen molar-refractivity contribution in [3.05, 3.63) is 95.7 Å². The number of aromatic nitrogens is 2. The molecule has 0 radical (unpaired) electrons. The van der Waals surface area contributed by atoms with Crippen LogP contribution in [-0.4, -0.2) is 91.6 Å². The molecule has 4 aromatic rings. The number of benzene rings is 2. The zero-order valence-electron chi connectivity index (χ0n) is 25.2. The summed E-state index contributed by atoms with van der Waals surface area (Å²) >= 11 is 0. The van der Waals surface area contributed by atoms with Crippen molar-refractivity contribution in [2.45, 2.75) is 57.8 Å². The van der Waals surface area contributed by atoms with Crippen molar-refractivity contribution in [1.29, 1.82) is 0 Å². The van der Waals surface area contributed by atoms with Crippen molar-refractivity contribution < 1.29 is 38.8 Å². The SMILES string of the molecule is COC(=O)c1ccc(NC(=O)c2c(-c3ccccc3)c(-c3ccc(F)cc3)c(CC[C@@H](O)C[C@@H](O)CC(=O)O)n2C(C)C)nc1.[NaH]. The molecular weight excluding hydrogens is 604 g/mol. The number of aliphatic hydroxyl groups excluding tert-OH is 2. The third-order valence-corrected chi connectivity index (χ3v) is 7.33. The van der Waals surface area contributed by atoms with Crippen molar-refractivity contribution in [3.8, 4) is 22.3 Å². The van der Waals surface area contributed by atoms with Gasteiger partial charge < -0.3 is 29.9 Å². The number of aliphatic hydroxyl groups is 2. The number of pyridine rings is 1. The molecule has 0 saturated heterocycles. The molecular formula is C34H37FN3NaO7. The van der Waals surface area contributed by atoms with Crippen molar-refractivity contribution in [2.75, 3.05) is 12.4 Å². The fourth-order valence-electron chi connectivity index (χ4n) is 5.39. The Morgan fingerprint density at radius 3 is 2.15 bits per heavy atom. The number of methoxy groups -OCH3 is 1. The predicted octanol–water partition coefficient (Wildman–Crippen LogP) is 4.85. The molecule has 2 aromatic heterocycles. The number of carboxylic acid groups (broad SMARTS) is 1. The number of aliphatic carboxylic acids is 1. The molecule has 238 valence electrons. The van der Waals surface area contributed by atoms with E-state index in [1.807, 2.05) is 48.7 Å². The van der Waals surface area contributed by atoms with Crippen LogP contribution >= 0.6 is 0 Å². The predicted molar refractivity (Wildman–Crippen MR) is 174 cm³/mol. The van der Waals surface area contributed by atoms with E-state index in [0.717, 1.165) is 5.56 Å². The number of halogens is 1. The Morgan fingerprint density at radius 2 is 1.59 bits per heavy atom. The van der Waals surface area contributed by atoms with Gasteiger partial charge in [-0.2, -0.15) is 0 Å². The van der Waals surface area contributed by atoms with Gasteiger partial charge in [0, 0.05) is 29.1 Å². The van der Waals surface area contributed by atoms with E-state index in [1.54, 1.807) is 12.1 Å². The quantitative estimate of drug-likeness (QED) is 0.120. The van der Waals surface area contributed by atoms with Crippen LogP contribution < -0.4 is 5.32 Å². The summed E-state index contributed by atoms with van der Waals surface area (Å²) in [5.74, 6) is -2.43. The molecule has 46 heavy (non-hydrogen) atoms. The van der Waals surface area contributed by atoms with Crippen LogP contribution in [0.5, 0.6) is 0 Å². The number of amides is 1. The zero-order chi connectivity index (χ0) is 32.7. The molecule has 0 spiro atoms. The van der Waals surface area contributed by atoms with E-state index in [4.69, 9.17) is 9.84 Å². The number of carbonyl (C=O) groups is 3. The molecule has 10 nitrogen and oxygen atoms in total. The zero-order valence-corrected chi connectivity index (χ0v) is 25.2. The fraction of sp³-hybridized carbons (Fsp3) is 0.294. The first-order chi connectivity index (χ1) is 21.5. The van der Waals surface area contributed by atoms with Gasteiger partial charge in [-0.1, -0.05) is 42.5 Å². The number of carbonyl (C=O) groups excluding carboxylic acids is 2. The molecule has 0 saturated carbocycles. The Morgan fingerprint density at radius 1 is 0.935 bits per heavy atom. The van der Waals surface area contributed by atoms with Gasteiger partial charge >= 0.3 is 41.5 Å². The van der Waals surface area contributed by atoms with Gasteiger partial charge in [-0.05, 0) is 68.5 Å². The second-order valence-electron chi connectivity index (χ2n) is 10.9. The first-order valence-electron chi connectivity index (χ1n) is 14.5. The van der Waals surface area contributed by atoms with Gasteiger partial charge in [0.1, 0.15) is 17.3 Å². The minimum atomic E-state index is -1.22. The Bertz CT molecular complexity index is 1640. The first-order valence-corrected chi connectivity index (χ1v) is 14.5. The van der Waals surface area contributed by atoms with Gasteiger partial charge in [0.2, 0.25) is 0 Å². The number of rotatable bonds is 13. The van der Waals surface area contributed by atoms with Crippen LogP contribution in [0.4, 0.5) is 10.2 Å². The number of hydrogen-bond acceptors (Lipinski definition) is 7. The summed E-state index contributed by atoms with van der Waals surface area (Å²) in [6.45, 7) is 3.83.